The third-order valence-corrected chi connectivity index (χ3v) is 3.95. The number of hydrogen-bond donors (Lipinski definition) is 1. The second-order valence-electron chi connectivity index (χ2n) is 4.86. The van der Waals surface area contributed by atoms with Crippen molar-refractivity contribution < 1.29 is 0 Å². The molecule has 1 heterocycles. The Bertz CT molecular complexity index is 325. The molecular formula is C15H21N. The highest BCUT2D eigenvalue weighted by molar-refractivity contribution is 5.25. The van der Waals surface area contributed by atoms with E-state index in [0.29, 0.717) is 11.3 Å². The molecule has 1 nitrogen and oxygen atoms in total. The first-order valence-corrected chi connectivity index (χ1v) is 6.15. The molecule has 0 bridgehead atoms. The van der Waals surface area contributed by atoms with Gasteiger partial charge in [0.2, 0.25) is 0 Å². The third-order valence-electron chi connectivity index (χ3n) is 3.95. The maximum atomic E-state index is 3.93. The molecule has 1 heteroatoms. The predicted octanol–water partition coefficient (Wildman–Crippen LogP) is 3.58. The number of hydrogen-bond acceptors (Lipinski definition) is 1. The minimum Gasteiger partial charge on any atom is -0.388 e. The van der Waals surface area contributed by atoms with Crippen LogP contribution >= 0.6 is 0 Å². The lowest BCUT2D eigenvalue weighted by atomic mass is 9.63. The van der Waals surface area contributed by atoms with Crippen molar-refractivity contribution in [3.8, 4) is 0 Å². The van der Waals surface area contributed by atoms with Crippen LogP contribution in [0.5, 0.6) is 0 Å². The van der Waals surface area contributed by atoms with Gasteiger partial charge in [-0.2, -0.15) is 0 Å². The van der Waals surface area contributed by atoms with Crippen molar-refractivity contribution in [3.63, 3.8) is 0 Å². The minimum atomic E-state index is 0.353. The van der Waals surface area contributed by atoms with E-state index in [4.69, 9.17) is 0 Å². The van der Waals surface area contributed by atoms with Crippen LogP contribution in [0.3, 0.4) is 0 Å². The Morgan fingerprint density at radius 2 is 2.12 bits per heavy atom. The van der Waals surface area contributed by atoms with Crippen molar-refractivity contribution in [1.29, 1.82) is 0 Å². The molecule has 0 saturated carbocycles. The van der Waals surface area contributed by atoms with Gasteiger partial charge in [-0.3, -0.25) is 0 Å². The molecule has 0 radical (unpaired) electrons. The van der Waals surface area contributed by atoms with Gasteiger partial charge in [-0.25, -0.2) is 0 Å². The molecule has 16 heavy (non-hydrogen) atoms. The second kappa shape index (κ2) is 4.73. The molecular weight excluding hydrogens is 194 g/mol. The van der Waals surface area contributed by atoms with Crippen LogP contribution in [-0.4, -0.2) is 6.54 Å². The fraction of sp³-hybridized carbons (Fsp3) is 0.467. The Balaban J connectivity index is 2.28. The first-order chi connectivity index (χ1) is 7.82. The van der Waals surface area contributed by atoms with Gasteiger partial charge in [0.25, 0.3) is 0 Å². The summed E-state index contributed by atoms with van der Waals surface area (Å²) < 4.78 is 0. The van der Waals surface area contributed by atoms with E-state index in [-0.39, 0.29) is 0 Å². The van der Waals surface area contributed by atoms with Crippen LogP contribution in [-0.2, 0) is 0 Å². The number of allylic oxidation sites excluding steroid dienone is 6. The maximum Gasteiger partial charge on any atom is 0.0149 e. The van der Waals surface area contributed by atoms with E-state index in [1.54, 1.807) is 0 Å². The van der Waals surface area contributed by atoms with E-state index in [1.165, 1.54) is 12.1 Å². The monoisotopic (exact) mass is 215 g/mol. The number of nitrogens with one attached hydrogen (secondary N) is 1. The molecule has 1 saturated heterocycles. The fourth-order valence-corrected chi connectivity index (χ4v) is 3.17. The van der Waals surface area contributed by atoms with Crippen molar-refractivity contribution in [3.05, 3.63) is 49.2 Å². The number of rotatable bonds is 4. The molecule has 0 aromatic heterocycles. The molecule has 1 fully saturated rings. The van der Waals surface area contributed by atoms with Crippen LogP contribution in [0, 0.1) is 11.3 Å². The first-order valence-electron chi connectivity index (χ1n) is 6.15. The fourth-order valence-electron chi connectivity index (χ4n) is 3.17. The standard InChI is InChI=1S/C15H21N/c1-3-9-15(10-4-2)11-12-16-14-8-6-5-7-13(14)15/h3-6,8,13,16H,1-2,7,9-12H2. The van der Waals surface area contributed by atoms with Gasteiger partial charge in [0.05, 0.1) is 0 Å². The molecule has 0 spiro atoms. The second-order valence-corrected chi connectivity index (χ2v) is 4.86. The summed E-state index contributed by atoms with van der Waals surface area (Å²) in [6, 6.07) is 0. The molecule has 1 unspecified atom stereocenters. The molecule has 0 amide bonds. The zero-order chi connectivity index (χ0) is 11.4. The van der Waals surface area contributed by atoms with E-state index in [2.05, 4.69) is 48.9 Å². The lowest BCUT2D eigenvalue weighted by Gasteiger charge is -2.46. The highest BCUT2D eigenvalue weighted by Crippen LogP contribution is 2.47. The zero-order valence-corrected chi connectivity index (χ0v) is 9.91. The first kappa shape index (κ1) is 11.3. The topological polar surface area (TPSA) is 12.0 Å². The number of fused-ring (bicyclic) bond motifs is 1. The van der Waals surface area contributed by atoms with Gasteiger partial charge in [0.15, 0.2) is 0 Å². The molecule has 1 aliphatic heterocycles. The summed E-state index contributed by atoms with van der Waals surface area (Å²) >= 11 is 0. The van der Waals surface area contributed by atoms with E-state index in [1.807, 2.05) is 0 Å². The van der Waals surface area contributed by atoms with Crippen LogP contribution < -0.4 is 5.32 Å². The minimum absolute atomic E-state index is 0.353. The maximum absolute atomic E-state index is 3.93. The lowest BCUT2D eigenvalue weighted by Crippen LogP contribution is -2.43. The summed E-state index contributed by atoms with van der Waals surface area (Å²) in [5.74, 6) is 0.627. The Kier molecular flexibility index (Phi) is 3.33. The van der Waals surface area contributed by atoms with Crippen LogP contribution in [0.2, 0.25) is 0 Å². The molecule has 2 aliphatic rings. The zero-order valence-electron chi connectivity index (χ0n) is 9.91. The molecule has 86 valence electrons. The Morgan fingerprint density at radius 1 is 1.38 bits per heavy atom. The summed E-state index contributed by atoms with van der Waals surface area (Å²) in [4.78, 5) is 0. The van der Waals surface area contributed by atoms with Gasteiger partial charge in [-0.15, -0.1) is 13.2 Å². The highest BCUT2D eigenvalue weighted by atomic mass is 14.9. The van der Waals surface area contributed by atoms with Crippen LogP contribution in [0.25, 0.3) is 0 Å². The van der Waals surface area contributed by atoms with Gasteiger partial charge in [-0.1, -0.05) is 24.3 Å². The van der Waals surface area contributed by atoms with Gasteiger partial charge in [0.1, 0.15) is 0 Å². The summed E-state index contributed by atoms with van der Waals surface area (Å²) in [5.41, 5.74) is 1.77. The van der Waals surface area contributed by atoms with Crippen LogP contribution in [0.1, 0.15) is 25.7 Å². The van der Waals surface area contributed by atoms with Crippen molar-refractivity contribution in [1.82, 2.24) is 5.32 Å². The summed E-state index contributed by atoms with van der Waals surface area (Å²) in [7, 11) is 0. The summed E-state index contributed by atoms with van der Waals surface area (Å²) in [5, 5.41) is 3.53. The van der Waals surface area contributed by atoms with Crippen molar-refractivity contribution >= 4 is 0 Å². The average molecular weight is 215 g/mol. The summed E-state index contributed by atoms with van der Waals surface area (Å²) in [6.07, 6.45) is 15.4. The third kappa shape index (κ3) is 1.87. The van der Waals surface area contributed by atoms with Crippen molar-refractivity contribution in [2.45, 2.75) is 25.7 Å². The van der Waals surface area contributed by atoms with Crippen LogP contribution in [0.4, 0.5) is 0 Å². The van der Waals surface area contributed by atoms with Crippen molar-refractivity contribution in [2.75, 3.05) is 6.54 Å². The molecule has 1 atom stereocenters. The SMILES string of the molecule is C=CCC1(CC=C)CCNC2=CC=CCC21. The van der Waals surface area contributed by atoms with E-state index >= 15 is 0 Å². The van der Waals surface area contributed by atoms with Gasteiger partial charge in [0, 0.05) is 18.2 Å². The van der Waals surface area contributed by atoms with Gasteiger partial charge in [-0.05, 0) is 37.2 Å². The smallest absolute Gasteiger partial charge is 0.0149 e. The normalized spacial score (nSPS) is 26.2. The highest BCUT2D eigenvalue weighted by Gasteiger charge is 2.40. The molecule has 0 aromatic rings. The predicted molar refractivity (Wildman–Crippen MR) is 70.0 cm³/mol. The average Bonchev–Trinajstić information content (AvgIpc) is 2.30. The Morgan fingerprint density at radius 3 is 2.81 bits per heavy atom. The van der Waals surface area contributed by atoms with E-state index < -0.39 is 0 Å². The van der Waals surface area contributed by atoms with E-state index in [0.717, 1.165) is 25.8 Å². The lowest BCUT2D eigenvalue weighted by molar-refractivity contribution is 0.144. The van der Waals surface area contributed by atoms with Crippen LogP contribution in [0.15, 0.2) is 49.2 Å². The van der Waals surface area contributed by atoms with Gasteiger partial charge < -0.3 is 5.32 Å². The van der Waals surface area contributed by atoms with Gasteiger partial charge >= 0.3 is 0 Å². The van der Waals surface area contributed by atoms with E-state index in [9.17, 15) is 0 Å². The largest absolute Gasteiger partial charge is 0.388 e. The quantitative estimate of drug-likeness (QED) is 0.707. The molecule has 1 N–H and O–H groups in total. The molecule has 0 aromatic carbocycles. The Labute approximate surface area is 98.6 Å². The number of piperidine rings is 1. The Hall–Kier alpha value is -1.24. The van der Waals surface area contributed by atoms with Crippen molar-refractivity contribution in [2.24, 2.45) is 11.3 Å². The molecule has 2 rings (SSSR count). The summed E-state index contributed by atoms with van der Waals surface area (Å²) in [6.45, 7) is 8.94. The molecule has 1 aliphatic carbocycles.